The van der Waals surface area contributed by atoms with Gasteiger partial charge in [-0.05, 0) is 47.5 Å². The Labute approximate surface area is 178 Å². The van der Waals surface area contributed by atoms with Crippen LogP contribution in [0.15, 0.2) is 53.7 Å². The maximum atomic E-state index is 5.91. The molecule has 30 heavy (non-hydrogen) atoms. The number of hydrogen-bond donors (Lipinski definition) is 2. The normalized spacial score (nSPS) is 10.9. The molecular formula is C20H21N9S. The van der Waals surface area contributed by atoms with Gasteiger partial charge in [-0.25, -0.2) is 0 Å². The first-order valence-electron chi connectivity index (χ1n) is 9.46. The number of nitrogens with one attached hydrogen (secondary N) is 1. The molecular weight excluding hydrogens is 398 g/mol. The molecule has 9 nitrogen and oxygen atoms in total. The highest BCUT2D eigenvalue weighted by Crippen LogP contribution is 2.23. The predicted octanol–water partition coefficient (Wildman–Crippen LogP) is 3.34. The van der Waals surface area contributed by atoms with Gasteiger partial charge >= 0.3 is 0 Å². The molecule has 0 amide bonds. The Hall–Kier alpha value is -3.53. The van der Waals surface area contributed by atoms with E-state index in [4.69, 9.17) is 5.73 Å². The number of tetrazole rings is 1. The molecule has 0 unspecified atom stereocenters. The molecule has 2 aromatic carbocycles. The molecule has 2 aromatic heterocycles. The Morgan fingerprint density at radius 3 is 2.63 bits per heavy atom. The van der Waals surface area contributed by atoms with Gasteiger partial charge < -0.3 is 11.1 Å². The molecule has 152 valence electrons. The monoisotopic (exact) mass is 419 g/mol. The number of aromatic nitrogens is 7. The molecule has 0 saturated heterocycles. The predicted molar refractivity (Wildman–Crippen MR) is 117 cm³/mol. The van der Waals surface area contributed by atoms with E-state index < -0.39 is 0 Å². The fraction of sp³-hybridized carbons (Fsp3) is 0.200. The standard InChI is InChI=1S/C20H21N9S/c1-3-14-6-4-5-7-16(14)22-19-24-17(23-18(21)25-19)12-30-20-26-27-28-29(20)15-10-8-13(2)9-11-15/h4-11H,3,12H2,1-2H3,(H3,21,22,23,24,25). The average molecular weight is 420 g/mol. The molecule has 0 spiro atoms. The summed E-state index contributed by atoms with van der Waals surface area (Å²) in [4.78, 5) is 13.0. The zero-order valence-electron chi connectivity index (χ0n) is 16.6. The SMILES string of the molecule is CCc1ccccc1Nc1nc(N)nc(CSc2nnnn2-c2ccc(C)cc2)n1. The van der Waals surface area contributed by atoms with E-state index in [-0.39, 0.29) is 5.95 Å². The van der Waals surface area contributed by atoms with E-state index in [0.29, 0.717) is 22.7 Å². The van der Waals surface area contributed by atoms with Crippen molar-refractivity contribution >= 4 is 29.3 Å². The van der Waals surface area contributed by atoms with Crippen LogP contribution in [0.3, 0.4) is 0 Å². The molecule has 0 aliphatic rings. The highest BCUT2D eigenvalue weighted by Gasteiger charge is 2.12. The highest BCUT2D eigenvalue weighted by atomic mass is 32.2. The van der Waals surface area contributed by atoms with Crippen LogP contribution in [0.1, 0.15) is 23.9 Å². The van der Waals surface area contributed by atoms with E-state index in [0.717, 1.165) is 17.8 Å². The fourth-order valence-electron chi connectivity index (χ4n) is 2.88. The summed E-state index contributed by atoms with van der Waals surface area (Å²) in [5, 5.41) is 15.9. The summed E-state index contributed by atoms with van der Waals surface area (Å²) in [5.41, 5.74) is 10.1. The molecule has 10 heteroatoms. The van der Waals surface area contributed by atoms with Crippen LogP contribution in [0.5, 0.6) is 0 Å². The van der Waals surface area contributed by atoms with Gasteiger partial charge in [0.15, 0.2) is 0 Å². The van der Waals surface area contributed by atoms with Crippen LogP contribution in [0.4, 0.5) is 17.6 Å². The summed E-state index contributed by atoms with van der Waals surface area (Å²) in [5.74, 6) is 1.57. The number of nitrogens with two attached hydrogens (primary N) is 1. The van der Waals surface area contributed by atoms with Gasteiger partial charge in [0, 0.05) is 5.69 Å². The van der Waals surface area contributed by atoms with Crippen molar-refractivity contribution in [3.05, 3.63) is 65.5 Å². The Morgan fingerprint density at radius 2 is 1.83 bits per heavy atom. The largest absolute Gasteiger partial charge is 0.368 e. The molecule has 0 aliphatic carbocycles. The number of benzene rings is 2. The van der Waals surface area contributed by atoms with Gasteiger partial charge in [0.25, 0.3) is 0 Å². The zero-order chi connectivity index (χ0) is 20.9. The third-order valence-electron chi connectivity index (χ3n) is 4.39. The lowest BCUT2D eigenvalue weighted by Crippen LogP contribution is -2.07. The summed E-state index contributed by atoms with van der Waals surface area (Å²) < 4.78 is 1.69. The summed E-state index contributed by atoms with van der Waals surface area (Å²) >= 11 is 1.43. The first kappa shape index (κ1) is 19.8. The second-order valence-corrected chi connectivity index (χ2v) is 7.51. The smallest absolute Gasteiger partial charge is 0.232 e. The van der Waals surface area contributed by atoms with E-state index in [1.165, 1.54) is 22.9 Å². The van der Waals surface area contributed by atoms with Crippen molar-refractivity contribution in [2.24, 2.45) is 0 Å². The molecule has 0 radical (unpaired) electrons. The Kier molecular flexibility index (Phi) is 5.84. The summed E-state index contributed by atoms with van der Waals surface area (Å²) in [6.07, 6.45) is 0.897. The van der Waals surface area contributed by atoms with Crippen LogP contribution < -0.4 is 11.1 Å². The number of nitrogen functional groups attached to an aromatic ring is 1. The van der Waals surface area contributed by atoms with Crippen molar-refractivity contribution in [3.8, 4) is 5.69 Å². The minimum Gasteiger partial charge on any atom is -0.368 e. The van der Waals surface area contributed by atoms with Crippen molar-refractivity contribution in [1.82, 2.24) is 35.2 Å². The number of para-hydroxylation sites is 1. The molecule has 0 atom stereocenters. The van der Waals surface area contributed by atoms with Gasteiger partial charge in [-0.2, -0.15) is 19.6 Å². The van der Waals surface area contributed by atoms with Crippen molar-refractivity contribution in [2.75, 3.05) is 11.1 Å². The van der Waals surface area contributed by atoms with Crippen molar-refractivity contribution in [1.29, 1.82) is 0 Å². The van der Waals surface area contributed by atoms with E-state index in [2.05, 4.69) is 48.8 Å². The van der Waals surface area contributed by atoms with Crippen LogP contribution in [-0.2, 0) is 12.2 Å². The first-order valence-corrected chi connectivity index (χ1v) is 10.4. The maximum absolute atomic E-state index is 5.91. The van der Waals surface area contributed by atoms with E-state index >= 15 is 0 Å². The summed E-state index contributed by atoms with van der Waals surface area (Å²) in [7, 11) is 0. The molecule has 0 bridgehead atoms. The molecule has 2 heterocycles. The second kappa shape index (κ2) is 8.87. The number of aryl methyl sites for hydroxylation is 2. The number of nitrogens with zero attached hydrogens (tertiary/aromatic N) is 7. The van der Waals surface area contributed by atoms with E-state index in [1.54, 1.807) is 4.68 Å². The Bertz CT molecular complexity index is 1140. The third kappa shape index (κ3) is 4.54. The minimum absolute atomic E-state index is 0.162. The molecule has 4 aromatic rings. The number of hydrogen-bond acceptors (Lipinski definition) is 9. The number of rotatable bonds is 7. The summed E-state index contributed by atoms with van der Waals surface area (Å²) in [6, 6.07) is 16.0. The average Bonchev–Trinajstić information content (AvgIpc) is 3.21. The van der Waals surface area contributed by atoms with Gasteiger partial charge in [0.2, 0.25) is 17.1 Å². The highest BCUT2D eigenvalue weighted by molar-refractivity contribution is 7.98. The fourth-order valence-corrected chi connectivity index (χ4v) is 3.62. The van der Waals surface area contributed by atoms with Gasteiger partial charge in [-0.3, -0.25) is 0 Å². The molecule has 3 N–H and O–H groups in total. The molecule has 0 aliphatic heterocycles. The maximum Gasteiger partial charge on any atom is 0.232 e. The van der Waals surface area contributed by atoms with E-state index in [9.17, 15) is 0 Å². The van der Waals surface area contributed by atoms with Crippen molar-refractivity contribution in [3.63, 3.8) is 0 Å². The Morgan fingerprint density at radius 1 is 1.03 bits per heavy atom. The Balaban J connectivity index is 1.51. The van der Waals surface area contributed by atoms with E-state index in [1.807, 2.05) is 49.4 Å². The van der Waals surface area contributed by atoms with Crippen LogP contribution in [0.25, 0.3) is 5.69 Å². The quantitative estimate of drug-likeness (QED) is 0.434. The number of anilines is 3. The lowest BCUT2D eigenvalue weighted by molar-refractivity contribution is 0.756. The molecule has 0 saturated carbocycles. The molecule has 0 fully saturated rings. The van der Waals surface area contributed by atoms with Gasteiger partial charge in [-0.1, -0.05) is 54.6 Å². The minimum atomic E-state index is 0.162. The second-order valence-electron chi connectivity index (χ2n) is 6.57. The zero-order valence-corrected chi connectivity index (χ0v) is 17.5. The third-order valence-corrected chi connectivity index (χ3v) is 5.31. The lowest BCUT2D eigenvalue weighted by Gasteiger charge is -2.10. The molecule has 4 rings (SSSR count). The van der Waals surface area contributed by atoms with Crippen LogP contribution >= 0.6 is 11.8 Å². The van der Waals surface area contributed by atoms with Crippen molar-refractivity contribution < 1.29 is 0 Å². The van der Waals surface area contributed by atoms with Crippen LogP contribution in [0.2, 0.25) is 0 Å². The topological polar surface area (TPSA) is 120 Å². The van der Waals surface area contributed by atoms with Gasteiger partial charge in [0.1, 0.15) is 5.82 Å². The van der Waals surface area contributed by atoms with Crippen LogP contribution in [0, 0.1) is 6.92 Å². The number of thioether (sulfide) groups is 1. The lowest BCUT2D eigenvalue weighted by atomic mass is 10.1. The summed E-state index contributed by atoms with van der Waals surface area (Å²) in [6.45, 7) is 4.14. The van der Waals surface area contributed by atoms with Crippen LogP contribution in [-0.4, -0.2) is 35.2 Å². The van der Waals surface area contributed by atoms with Gasteiger partial charge in [0.05, 0.1) is 11.4 Å². The first-order chi connectivity index (χ1) is 14.6. The van der Waals surface area contributed by atoms with Gasteiger partial charge in [-0.15, -0.1) is 5.10 Å². The van der Waals surface area contributed by atoms with Crippen molar-refractivity contribution in [2.45, 2.75) is 31.2 Å².